The first-order valence-electron chi connectivity index (χ1n) is 9.04. The predicted molar refractivity (Wildman–Crippen MR) is 111 cm³/mol. The van der Waals surface area contributed by atoms with E-state index in [1.165, 1.54) is 17.3 Å². The van der Waals surface area contributed by atoms with Gasteiger partial charge in [0.15, 0.2) is 0 Å². The van der Waals surface area contributed by atoms with Crippen LogP contribution in [0.2, 0.25) is 5.02 Å². The maximum atomic E-state index is 12.7. The SMILES string of the molecule is CN1CCCc2cc([C@@H](CNS(=O)(=O)c3ccccc3Cl)N(C)C)ccc21. The Bertz CT molecular complexity index is 915. The Balaban J connectivity index is 1.82. The van der Waals surface area contributed by atoms with Gasteiger partial charge in [-0.1, -0.05) is 35.9 Å². The predicted octanol–water partition coefficient (Wildman–Crippen LogP) is 3.30. The Hall–Kier alpha value is -1.60. The summed E-state index contributed by atoms with van der Waals surface area (Å²) in [4.78, 5) is 4.41. The van der Waals surface area contributed by atoms with Crippen LogP contribution in [0.25, 0.3) is 0 Å². The molecule has 1 N–H and O–H groups in total. The highest BCUT2D eigenvalue weighted by Gasteiger charge is 2.23. The second-order valence-electron chi connectivity index (χ2n) is 7.17. The van der Waals surface area contributed by atoms with E-state index in [2.05, 4.69) is 34.9 Å². The summed E-state index contributed by atoms with van der Waals surface area (Å²) in [5.74, 6) is 0. The van der Waals surface area contributed by atoms with Gasteiger partial charge in [0.1, 0.15) is 4.90 Å². The smallest absolute Gasteiger partial charge is 0.242 e. The first kappa shape index (κ1) is 20.1. The van der Waals surface area contributed by atoms with E-state index in [1.807, 2.05) is 19.0 Å². The number of likely N-dealkylation sites (N-methyl/N-ethyl adjacent to an activating group) is 1. The minimum absolute atomic E-state index is 0.0696. The summed E-state index contributed by atoms with van der Waals surface area (Å²) in [6.07, 6.45) is 2.19. The Kier molecular flexibility index (Phi) is 6.11. The van der Waals surface area contributed by atoms with Gasteiger partial charge in [-0.3, -0.25) is 0 Å². The van der Waals surface area contributed by atoms with Crippen LogP contribution >= 0.6 is 11.6 Å². The standard InChI is InChI=1S/C20H26ClN3O2S/c1-23(2)19(14-22-27(25,26)20-9-5-4-8-17(20)21)16-10-11-18-15(13-16)7-6-12-24(18)3/h4-5,8-11,13,19,22H,6-7,12,14H2,1-3H3/t19-/m1/s1. The molecular weight excluding hydrogens is 382 g/mol. The molecule has 0 bridgehead atoms. The molecule has 3 rings (SSSR count). The zero-order chi connectivity index (χ0) is 19.6. The van der Waals surface area contributed by atoms with E-state index >= 15 is 0 Å². The van der Waals surface area contributed by atoms with Crippen molar-refractivity contribution < 1.29 is 8.42 Å². The van der Waals surface area contributed by atoms with E-state index in [0.717, 1.165) is 24.9 Å². The van der Waals surface area contributed by atoms with Crippen LogP contribution in [0.15, 0.2) is 47.4 Å². The molecule has 1 heterocycles. The highest BCUT2D eigenvalue weighted by molar-refractivity contribution is 7.89. The van der Waals surface area contributed by atoms with Gasteiger partial charge in [-0.2, -0.15) is 0 Å². The summed E-state index contributed by atoms with van der Waals surface area (Å²) in [6, 6.07) is 12.9. The molecule has 5 nitrogen and oxygen atoms in total. The Morgan fingerprint density at radius 2 is 1.96 bits per heavy atom. The molecule has 1 atom stereocenters. The number of anilines is 1. The molecule has 0 unspecified atom stereocenters. The molecular formula is C20H26ClN3O2S. The average molecular weight is 408 g/mol. The highest BCUT2D eigenvalue weighted by Crippen LogP contribution is 2.30. The van der Waals surface area contributed by atoms with Gasteiger partial charge in [-0.25, -0.2) is 13.1 Å². The zero-order valence-electron chi connectivity index (χ0n) is 15.9. The number of nitrogens with zero attached hydrogens (tertiary/aromatic N) is 2. The van der Waals surface area contributed by atoms with Gasteiger partial charge in [0.2, 0.25) is 10.0 Å². The summed E-state index contributed by atoms with van der Waals surface area (Å²) in [6.45, 7) is 1.34. The normalized spacial score (nSPS) is 15.7. The van der Waals surface area contributed by atoms with Crippen LogP contribution < -0.4 is 9.62 Å². The maximum Gasteiger partial charge on any atom is 0.242 e. The van der Waals surface area contributed by atoms with Gasteiger partial charge >= 0.3 is 0 Å². The van der Waals surface area contributed by atoms with Gasteiger partial charge < -0.3 is 9.80 Å². The van der Waals surface area contributed by atoms with Crippen molar-refractivity contribution in [3.63, 3.8) is 0 Å². The van der Waals surface area contributed by atoms with E-state index in [4.69, 9.17) is 11.6 Å². The van der Waals surface area contributed by atoms with Gasteiger partial charge in [0, 0.05) is 31.9 Å². The quantitative estimate of drug-likeness (QED) is 0.798. The fourth-order valence-corrected chi connectivity index (χ4v) is 5.10. The van der Waals surface area contributed by atoms with Crippen LogP contribution in [-0.4, -0.2) is 47.6 Å². The third-order valence-corrected chi connectivity index (χ3v) is 6.98. The molecule has 1 aliphatic rings. The lowest BCUT2D eigenvalue weighted by Crippen LogP contribution is -2.35. The molecule has 0 amide bonds. The van der Waals surface area contributed by atoms with Gasteiger partial charge in [-0.05, 0) is 56.3 Å². The van der Waals surface area contributed by atoms with Crippen LogP contribution in [0.3, 0.4) is 0 Å². The van der Waals surface area contributed by atoms with E-state index in [0.29, 0.717) is 0 Å². The van der Waals surface area contributed by atoms with E-state index < -0.39 is 10.0 Å². The molecule has 0 spiro atoms. The molecule has 0 aromatic heterocycles. The molecule has 146 valence electrons. The van der Waals surface area contributed by atoms with E-state index in [1.54, 1.807) is 18.2 Å². The molecule has 0 aliphatic carbocycles. The number of fused-ring (bicyclic) bond motifs is 1. The van der Waals surface area contributed by atoms with E-state index in [9.17, 15) is 8.42 Å². The summed E-state index contributed by atoms with van der Waals surface area (Å²) >= 11 is 6.06. The zero-order valence-corrected chi connectivity index (χ0v) is 17.5. The number of benzene rings is 2. The van der Waals surface area contributed by atoms with Crippen LogP contribution in [-0.2, 0) is 16.4 Å². The van der Waals surface area contributed by atoms with Crippen LogP contribution in [0.1, 0.15) is 23.6 Å². The number of nitrogens with one attached hydrogen (secondary N) is 1. The fourth-order valence-electron chi connectivity index (χ4n) is 3.54. The molecule has 2 aromatic carbocycles. The number of halogens is 1. The lowest BCUT2D eigenvalue weighted by molar-refractivity contribution is 0.299. The number of aryl methyl sites for hydroxylation is 1. The summed E-state index contributed by atoms with van der Waals surface area (Å²) in [5, 5.41) is 0.225. The molecule has 0 saturated carbocycles. The molecule has 2 aromatic rings. The van der Waals surface area contributed by atoms with Gasteiger partial charge in [0.25, 0.3) is 0 Å². The second-order valence-corrected chi connectivity index (χ2v) is 9.32. The van der Waals surface area contributed by atoms with Crippen molar-refractivity contribution in [2.75, 3.05) is 39.1 Å². The van der Waals surface area contributed by atoms with Gasteiger partial charge in [-0.15, -0.1) is 0 Å². The molecule has 1 aliphatic heterocycles. The monoisotopic (exact) mass is 407 g/mol. The maximum absolute atomic E-state index is 12.7. The highest BCUT2D eigenvalue weighted by atomic mass is 35.5. The molecule has 0 saturated heterocycles. The lowest BCUT2D eigenvalue weighted by Gasteiger charge is -2.30. The van der Waals surface area contributed by atoms with Crippen molar-refractivity contribution in [2.24, 2.45) is 0 Å². The number of hydrogen-bond donors (Lipinski definition) is 1. The molecule has 0 radical (unpaired) electrons. The third-order valence-electron chi connectivity index (χ3n) is 5.06. The van der Waals surface area contributed by atoms with Crippen LogP contribution in [0, 0.1) is 0 Å². The summed E-state index contributed by atoms with van der Waals surface area (Å²) in [5.41, 5.74) is 3.69. The summed E-state index contributed by atoms with van der Waals surface area (Å²) in [7, 11) is 2.36. The minimum atomic E-state index is -3.67. The Labute approximate surface area is 167 Å². The minimum Gasteiger partial charge on any atom is -0.374 e. The molecule has 0 fully saturated rings. The molecule has 27 heavy (non-hydrogen) atoms. The van der Waals surface area contributed by atoms with Crippen LogP contribution in [0.5, 0.6) is 0 Å². The second kappa shape index (κ2) is 8.19. The van der Waals surface area contributed by atoms with Crippen LogP contribution in [0.4, 0.5) is 5.69 Å². The topological polar surface area (TPSA) is 52.7 Å². The van der Waals surface area contributed by atoms with Crippen molar-refractivity contribution in [1.82, 2.24) is 9.62 Å². The average Bonchev–Trinajstić information content (AvgIpc) is 2.62. The van der Waals surface area contributed by atoms with Crippen molar-refractivity contribution in [2.45, 2.75) is 23.8 Å². The van der Waals surface area contributed by atoms with E-state index in [-0.39, 0.29) is 22.5 Å². The Morgan fingerprint density at radius 1 is 1.22 bits per heavy atom. The van der Waals surface area contributed by atoms with Crippen molar-refractivity contribution in [3.05, 3.63) is 58.6 Å². The Morgan fingerprint density at radius 3 is 2.67 bits per heavy atom. The van der Waals surface area contributed by atoms with Gasteiger partial charge in [0.05, 0.1) is 5.02 Å². The lowest BCUT2D eigenvalue weighted by atomic mass is 9.96. The third kappa shape index (κ3) is 4.46. The number of hydrogen-bond acceptors (Lipinski definition) is 4. The molecule has 7 heteroatoms. The largest absolute Gasteiger partial charge is 0.374 e. The summed E-state index contributed by atoms with van der Waals surface area (Å²) < 4.78 is 28.1. The van der Waals surface area contributed by atoms with Crippen molar-refractivity contribution in [3.8, 4) is 0 Å². The van der Waals surface area contributed by atoms with Crippen molar-refractivity contribution in [1.29, 1.82) is 0 Å². The number of rotatable bonds is 6. The van der Waals surface area contributed by atoms with Crippen molar-refractivity contribution >= 4 is 27.3 Å². The first-order valence-corrected chi connectivity index (χ1v) is 10.9. The first-order chi connectivity index (χ1) is 12.8. The number of sulfonamides is 1. The fraction of sp³-hybridized carbons (Fsp3) is 0.400.